The highest BCUT2D eigenvalue weighted by Crippen LogP contribution is 2.19. The number of H-pyrrole nitrogens is 1. The molecule has 0 aliphatic rings. The number of carbonyl (C=O) groups is 4. The number of hydrogen-bond donors (Lipinski definition) is 9. The molecule has 0 saturated carbocycles. The Morgan fingerprint density at radius 3 is 2.13 bits per heavy atom. The molecule has 3 aromatic rings. The highest BCUT2D eigenvalue weighted by molar-refractivity contribution is 5.94. The second kappa shape index (κ2) is 16.1. The van der Waals surface area contributed by atoms with E-state index >= 15 is 0 Å². The quantitative estimate of drug-likeness (QED) is 0.0601. The number of aliphatic imine (C=N–C) groups is 1. The highest BCUT2D eigenvalue weighted by Gasteiger charge is 2.31. The maximum absolute atomic E-state index is 13.6. The molecule has 3 amide bonds. The van der Waals surface area contributed by atoms with Crippen LogP contribution in [0.2, 0.25) is 0 Å². The van der Waals surface area contributed by atoms with Crippen molar-refractivity contribution in [3.8, 4) is 5.75 Å². The third-order valence-corrected chi connectivity index (χ3v) is 7.32. The molecule has 1 heterocycles. The van der Waals surface area contributed by atoms with E-state index in [1.165, 1.54) is 12.1 Å². The molecule has 3 rings (SSSR count). The number of guanidine groups is 1. The Balaban J connectivity index is 1.84. The number of aromatic amines is 1. The predicted molar refractivity (Wildman–Crippen MR) is 170 cm³/mol. The number of benzene rings is 2. The number of nitrogens with zero attached hydrogens (tertiary/aromatic N) is 1. The fraction of sp³-hybridized carbons (Fsp3) is 0.387. The molecular weight excluding hydrogens is 580 g/mol. The van der Waals surface area contributed by atoms with Gasteiger partial charge in [0.25, 0.3) is 0 Å². The van der Waals surface area contributed by atoms with Gasteiger partial charge >= 0.3 is 5.97 Å². The number of phenols is 1. The molecule has 12 N–H and O–H groups in total. The van der Waals surface area contributed by atoms with Crippen LogP contribution in [0.5, 0.6) is 5.75 Å². The molecular formula is C31H42N8O6. The van der Waals surface area contributed by atoms with Crippen LogP contribution >= 0.6 is 0 Å². The molecule has 4 atom stereocenters. The van der Waals surface area contributed by atoms with Crippen LogP contribution in [0.4, 0.5) is 0 Å². The molecule has 45 heavy (non-hydrogen) atoms. The second-order valence-corrected chi connectivity index (χ2v) is 11.2. The van der Waals surface area contributed by atoms with Crippen molar-refractivity contribution in [3.05, 3.63) is 65.9 Å². The summed E-state index contributed by atoms with van der Waals surface area (Å²) in [4.78, 5) is 59.3. The Hall–Kier alpha value is -5.11. The number of nitrogens with one attached hydrogen (secondary N) is 4. The number of carbonyl (C=O) groups excluding carboxylic acids is 3. The Morgan fingerprint density at radius 1 is 0.867 bits per heavy atom. The Labute approximate surface area is 260 Å². The number of aliphatic carboxylic acids is 1. The van der Waals surface area contributed by atoms with E-state index in [-0.39, 0.29) is 43.4 Å². The molecule has 2 aromatic carbocycles. The fourth-order valence-corrected chi connectivity index (χ4v) is 4.69. The highest BCUT2D eigenvalue weighted by atomic mass is 16.4. The minimum absolute atomic E-state index is 0.0124. The molecule has 242 valence electrons. The molecule has 0 fully saturated rings. The number of nitrogens with two attached hydrogens (primary N) is 3. The van der Waals surface area contributed by atoms with E-state index in [1.54, 1.807) is 32.2 Å². The van der Waals surface area contributed by atoms with E-state index in [2.05, 4.69) is 25.9 Å². The first-order valence-corrected chi connectivity index (χ1v) is 14.6. The summed E-state index contributed by atoms with van der Waals surface area (Å²) in [5.74, 6) is -3.52. The number of phenolic OH excluding ortho intramolecular Hbond substituents is 1. The molecule has 14 heteroatoms. The van der Waals surface area contributed by atoms with Crippen LogP contribution in [-0.2, 0) is 32.0 Å². The minimum atomic E-state index is -1.31. The lowest BCUT2D eigenvalue weighted by molar-refractivity contribution is -0.142. The summed E-state index contributed by atoms with van der Waals surface area (Å²) in [6, 6.07) is 8.91. The first kappa shape index (κ1) is 34.4. The van der Waals surface area contributed by atoms with Crippen LogP contribution in [-0.4, -0.2) is 75.6 Å². The SMILES string of the molecule is CC(C)C(N)C(=O)NC(CCCN=C(N)N)C(=O)NC(Cc1ccc(O)cc1)C(=O)NC(Cc1c[nH]c2ccccc12)C(=O)O. The molecule has 0 aliphatic heterocycles. The van der Waals surface area contributed by atoms with Crippen LogP contribution in [0.25, 0.3) is 10.9 Å². The summed E-state index contributed by atoms with van der Waals surface area (Å²) in [6.45, 7) is 3.74. The number of aromatic nitrogens is 1. The number of amides is 3. The molecule has 0 radical (unpaired) electrons. The first-order chi connectivity index (χ1) is 21.3. The van der Waals surface area contributed by atoms with Gasteiger partial charge in [0.15, 0.2) is 5.96 Å². The number of carboxylic acids is 1. The first-order valence-electron chi connectivity index (χ1n) is 14.6. The molecule has 0 bridgehead atoms. The van der Waals surface area contributed by atoms with Crippen LogP contribution in [0.1, 0.15) is 37.8 Å². The standard InChI is InChI=1S/C31H42N8O6/c1-17(2)26(32)29(43)37-23(8-5-13-35-31(33)34)27(41)38-24(14-18-9-11-20(40)12-10-18)28(42)39-25(30(44)45)15-19-16-36-22-7-4-3-6-21(19)22/h3-4,6-7,9-12,16-17,23-26,36,40H,5,8,13-15,32H2,1-2H3,(H,37,43)(H,38,41)(H,39,42)(H,44,45)(H4,33,34,35). The number of rotatable bonds is 16. The summed E-state index contributed by atoms with van der Waals surface area (Å²) >= 11 is 0. The summed E-state index contributed by atoms with van der Waals surface area (Å²) in [7, 11) is 0. The average molecular weight is 623 g/mol. The van der Waals surface area contributed by atoms with Gasteiger partial charge in [0.1, 0.15) is 23.9 Å². The van der Waals surface area contributed by atoms with E-state index in [4.69, 9.17) is 17.2 Å². The van der Waals surface area contributed by atoms with Crippen molar-refractivity contribution in [3.63, 3.8) is 0 Å². The van der Waals surface area contributed by atoms with E-state index in [1.807, 2.05) is 24.3 Å². The van der Waals surface area contributed by atoms with Crippen LogP contribution < -0.4 is 33.2 Å². The number of carboxylic acid groups (broad SMARTS) is 1. The zero-order valence-corrected chi connectivity index (χ0v) is 25.3. The van der Waals surface area contributed by atoms with Gasteiger partial charge in [0.2, 0.25) is 17.7 Å². The maximum atomic E-state index is 13.6. The number of hydrogen-bond acceptors (Lipinski definition) is 7. The van der Waals surface area contributed by atoms with Crippen molar-refractivity contribution in [2.45, 2.75) is 63.7 Å². The molecule has 4 unspecified atom stereocenters. The van der Waals surface area contributed by atoms with E-state index in [0.717, 1.165) is 10.9 Å². The Bertz CT molecular complexity index is 1500. The summed E-state index contributed by atoms with van der Waals surface area (Å²) < 4.78 is 0. The van der Waals surface area contributed by atoms with Crippen molar-refractivity contribution < 1.29 is 29.4 Å². The molecule has 0 spiro atoms. The van der Waals surface area contributed by atoms with Crippen LogP contribution in [0.3, 0.4) is 0 Å². The van der Waals surface area contributed by atoms with E-state index < -0.39 is 47.9 Å². The molecule has 1 aromatic heterocycles. The van der Waals surface area contributed by atoms with Gasteiger partial charge in [-0.25, -0.2) is 4.79 Å². The summed E-state index contributed by atoms with van der Waals surface area (Å²) in [6.07, 6.45) is 2.11. The molecule has 0 saturated heterocycles. The number of para-hydroxylation sites is 1. The van der Waals surface area contributed by atoms with Crippen molar-refractivity contribution >= 4 is 40.6 Å². The normalized spacial score (nSPS) is 13.8. The maximum Gasteiger partial charge on any atom is 0.326 e. The molecule has 0 aliphatic carbocycles. The second-order valence-electron chi connectivity index (χ2n) is 11.2. The van der Waals surface area contributed by atoms with Gasteiger partial charge in [0.05, 0.1) is 6.04 Å². The van der Waals surface area contributed by atoms with Crippen molar-refractivity contribution in [1.29, 1.82) is 0 Å². The lowest BCUT2D eigenvalue weighted by atomic mass is 10.0. The van der Waals surface area contributed by atoms with Crippen molar-refractivity contribution in [2.24, 2.45) is 28.1 Å². The minimum Gasteiger partial charge on any atom is -0.508 e. The topological polar surface area (TPSA) is 251 Å². The van der Waals surface area contributed by atoms with Crippen LogP contribution in [0.15, 0.2) is 59.7 Å². The largest absolute Gasteiger partial charge is 0.508 e. The lowest BCUT2D eigenvalue weighted by Gasteiger charge is -2.26. The number of fused-ring (bicyclic) bond motifs is 1. The van der Waals surface area contributed by atoms with Gasteiger partial charge in [0, 0.05) is 36.5 Å². The average Bonchev–Trinajstić information content (AvgIpc) is 3.40. The zero-order chi connectivity index (χ0) is 33.1. The predicted octanol–water partition coefficient (Wildman–Crippen LogP) is 0.235. The smallest absolute Gasteiger partial charge is 0.326 e. The summed E-state index contributed by atoms with van der Waals surface area (Å²) in [5.41, 5.74) is 18.9. The van der Waals surface area contributed by atoms with E-state index in [0.29, 0.717) is 17.5 Å². The van der Waals surface area contributed by atoms with Crippen molar-refractivity contribution in [2.75, 3.05) is 6.54 Å². The van der Waals surface area contributed by atoms with Gasteiger partial charge in [-0.15, -0.1) is 0 Å². The van der Waals surface area contributed by atoms with Gasteiger partial charge in [-0.3, -0.25) is 19.4 Å². The Morgan fingerprint density at radius 2 is 1.49 bits per heavy atom. The van der Waals surface area contributed by atoms with Crippen LogP contribution in [0, 0.1) is 5.92 Å². The monoisotopic (exact) mass is 622 g/mol. The Kier molecular flexibility index (Phi) is 12.3. The fourth-order valence-electron chi connectivity index (χ4n) is 4.69. The van der Waals surface area contributed by atoms with Gasteiger partial charge < -0.3 is 48.3 Å². The van der Waals surface area contributed by atoms with Crippen molar-refractivity contribution in [1.82, 2.24) is 20.9 Å². The third-order valence-electron chi connectivity index (χ3n) is 7.32. The summed E-state index contributed by atoms with van der Waals surface area (Å²) in [5, 5.41) is 28.4. The van der Waals surface area contributed by atoms with E-state index in [9.17, 15) is 29.4 Å². The lowest BCUT2D eigenvalue weighted by Crippen LogP contribution is -2.58. The van der Waals surface area contributed by atoms with Gasteiger partial charge in [-0.2, -0.15) is 0 Å². The molecule has 14 nitrogen and oxygen atoms in total. The number of aromatic hydroxyl groups is 1. The third kappa shape index (κ3) is 10.2. The van der Waals surface area contributed by atoms with Gasteiger partial charge in [-0.05, 0) is 48.1 Å². The zero-order valence-electron chi connectivity index (χ0n) is 25.3. The van der Waals surface area contributed by atoms with Gasteiger partial charge in [-0.1, -0.05) is 44.2 Å².